The third-order valence-electron chi connectivity index (χ3n) is 2.43. The molecule has 86 valence electrons. The van der Waals surface area contributed by atoms with E-state index >= 15 is 0 Å². The lowest BCUT2D eigenvalue weighted by Gasteiger charge is -2.11. The maximum absolute atomic E-state index is 11.9. The third kappa shape index (κ3) is 1.44. The van der Waals surface area contributed by atoms with E-state index in [2.05, 4.69) is 4.98 Å². The van der Waals surface area contributed by atoms with E-state index in [4.69, 9.17) is 9.63 Å². The van der Waals surface area contributed by atoms with Crippen LogP contribution in [0.5, 0.6) is 5.75 Å². The fraction of sp³-hybridized carbons (Fsp3) is 0.375. The van der Waals surface area contributed by atoms with Crippen molar-refractivity contribution in [3.05, 3.63) is 16.0 Å². The number of rotatable bonds is 2. The molecule has 0 fully saturated rings. The first-order valence-electron chi connectivity index (χ1n) is 4.52. The minimum Gasteiger partial charge on any atom is -0.476 e. The minimum atomic E-state index is -1.28. The van der Waals surface area contributed by atoms with Gasteiger partial charge in [-0.1, -0.05) is 0 Å². The van der Waals surface area contributed by atoms with Gasteiger partial charge in [0.2, 0.25) is 11.7 Å². The van der Waals surface area contributed by atoms with Gasteiger partial charge in [0.25, 0.3) is 5.56 Å². The molecular weight excluding hydrogens is 233 g/mol. The van der Waals surface area contributed by atoms with E-state index < -0.39 is 11.5 Å². The van der Waals surface area contributed by atoms with Crippen LogP contribution in [0.25, 0.3) is 0 Å². The van der Waals surface area contributed by atoms with Gasteiger partial charge in [0.05, 0.1) is 9.47 Å². The van der Waals surface area contributed by atoms with Crippen LogP contribution in [0.1, 0.15) is 10.5 Å². The first-order valence-corrected chi connectivity index (χ1v) is 4.99. The number of aromatic nitrogens is 2. The van der Waals surface area contributed by atoms with Crippen LogP contribution < -0.4 is 15.0 Å². The third-order valence-corrected chi connectivity index (χ3v) is 2.66. The molecule has 1 N–H and O–H groups in total. The molecule has 0 amide bonds. The van der Waals surface area contributed by atoms with Gasteiger partial charge in [0.1, 0.15) is 0 Å². The summed E-state index contributed by atoms with van der Waals surface area (Å²) in [5.74, 6) is -1.18. The lowest BCUT2D eigenvalue weighted by atomic mass is 10.3. The summed E-state index contributed by atoms with van der Waals surface area (Å²) in [6.07, 6.45) is 0. The SMILES string of the molecule is CN1CCn2c1nc(C(=O)O)c(OP)c2=O. The van der Waals surface area contributed by atoms with Crippen LogP contribution >= 0.6 is 9.47 Å². The van der Waals surface area contributed by atoms with Gasteiger partial charge in [-0.15, -0.1) is 0 Å². The van der Waals surface area contributed by atoms with Crippen molar-refractivity contribution < 1.29 is 14.4 Å². The summed E-state index contributed by atoms with van der Waals surface area (Å²) in [6.45, 7) is 1.11. The van der Waals surface area contributed by atoms with Crippen LogP contribution in [0.15, 0.2) is 4.79 Å². The lowest BCUT2D eigenvalue weighted by molar-refractivity contribution is 0.0688. The van der Waals surface area contributed by atoms with Crippen LogP contribution in [0, 0.1) is 0 Å². The quantitative estimate of drug-likeness (QED) is 0.709. The van der Waals surface area contributed by atoms with Crippen molar-refractivity contribution >= 4 is 21.4 Å². The van der Waals surface area contributed by atoms with E-state index in [1.54, 1.807) is 11.9 Å². The molecule has 0 aliphatic carbocycles. The Hall–Kier alpha value is -1.62. The van der Waals surface area contributed by atoms with Crippen molar-refractivity contribution in [3.8, 4) is 5.75 Å². The van der Waals surface area contributed by atoms with Crippen LogP contribution in [0.3, 0.4) is 0 Å². The van der Waals surface area contributed by atoms with Gasteiger partial charge in [0.15, 0.2) is 5.69 Å². The number of hydrogen-bond donors (Lipinski definition) is 1. The zero-order valence-electron chi connectivity index (χ0n) is 8.51. The highest BCUT2D eigenvalue weighted by molar-refractivity contribution is 7.10. The van der Waals surface area contributed by atoms with Gasteiger partial charge in [-0.25, -0.2) is 9.78 Å². The van der Waals surface area contributed by atoms with E-state index in [1.807, 2.05) is 9.47 Å². The molecule has 1 aromatic heterocycles. The monoisotopic (exact) mass is 243 g/mol. The van der Waals surface area contributed by atoms with Crippen LogP contribution in [0.2, 0.25) is 0 Å². The number of carbonyl (C=O) groups is 1. The summed E-state index contributed by atoms with van der Waals surface area (Å²) in [5.41, 5.74) is -0.832. The number of hydrogen-bond acceptors (Lipinski definition) is 5. The maximum Gasteiger partial charge on any atom is 0.358 e. The number of likely N-dealkylation sites (N-methyl/N-ethyl adjacent to an activating group) is 1. The van der Waals surface area contributed by atoms with Gasteiger partial charge < -0.3 is 14.5 Å². The molecular formula is C8H10N3O4P. The first-order chi connectivity index (χ1) is 7.56. The van der Waals surface area contributed by atoms with Crippen LogP contribution in [-0.2, 0) is 6.54 Å². The molecule has 1 atom stereocenters. The lowest BCUT2D eigenvalue weighted by Crippen LogP contribution is -2.24. The van der Waals surface area contributed by atoms with Crippen molar-refractivity contribution in [1.82, 2.24) is 9.55 Å². The Labute approximate surface area is 92.9 Å². The highest BCUT2D eigenvalue weighted by Crippen LogP contribution is 2.21. The zero-order chi connectivity index (χ0) is 11.9. The fourth-order valence-corrected chi connectivity index (χ4v) is 1.83. The molecule has 1 unspecified atom stereocenters. The number of nitrogens with zero attached hydrogens (tertiary/aromatic N) is 3. The average molecular weight is 243 g/mol. The molecule has 1 aromatic rings. The predicted molar refractivity (Wildman–Crippen MR) is 59.1 cm³/mol. The van der Waals surface area contributed by atoms with E-state index in [0.717, 1.165) is 0 Å². The molecule has 2 heterocycles. The minimum absolute atomic E-state index is 0.253. The number of carboxylic acids is 1. The van der Waals surface area contributed by atoms with Crippen molar-refractivity contribution in [3.63, 3.8) is 0 Å². The molecule has 2 rings (SSSR count). The molecule has 0 bridgehead atoms. The van der Waals surface area contributed by atoms with Crippen LogP contribution in [0.4, 0.5) is 5.95 Å². The molecule has 16 heavy (non-hydrogen) atoms. The van der Waals surface area contributed by atoms with E-state index in [9.17, 15) is 9.59 Å². The number of anilines is 1. The smallest absolute Gasteiger partial charge is 0.358 e. The summed E-state index contributed by atoms with van der Waals surface area (Å²) in [7, 11) is 3.61. The average Bonchev–Trinajstić information content (AvgIpc) is 2.60. The Balaban J connectivity index is 2.74. The Bertz CT molecular complexity index is 513. The highest BCUT2D eigenvalue weighted by atomic mass is 31.0. The summed E-state index contributed by atoms with van der Waals surface area (Å²) in [6, 6.07) is 0. The predicted octanol–water partition coefficient (Wildman–Crippen LogP) is -0.440. The summed E-state index contributed by atoms with van der Waals surface area (Å²) < 4.78 is 6.11. The van der Waals surface area contributed by atoms with E-state index in [-0.39, 0.29) is 11.4 Å². The number of aromatic carboxylic acids is 1. The first kappa shape index (κ1) is 10.9. The molecule has 7 nitrogen and oxygen atoms in total. The standard InChI is InChI=1S/C8H10N3O4P/c1-10-2-3-11-6(12)5(15-16)4(7(13)14)9-8(10)11/h2-3,16H2,1H3,(H,13,14). The molecule has 1 aliphatic rings. The Morgan fingerprint density at radius 3 is 2.81 bits per heavy atom. The van der Waals surface area contributed by atoms with Crippen molar-refractivity contribution in [2.45, 2.75) is 6.54 Å². The van der Waals surface area contributed by atoms with E-state index in [1.165, 1.54) is 4.57 Å². The Morgan fingerprint density at radius 2 is 2.25 bits per heavy atom. The second kappa shape index (κ2) is 3.75. The van der Waals surface area contributed by atoms with Crippen molar-refractivity contribution in [1.29, 1.82) is 0 Å². The molecule has 0 spiro atoms. The van der Waals surface area contributed by atoms with Gasteiger partial charge in [0, 0.05) is 20.1 Å². The molecule has 0 saturated heterocycles. The molecule has 8 heteroatoms. The zero-order valence-corrected chi connectivity index (χ0v) is 9.66. The highest BCUT2D eigenvalue weighted by Gasteiger charge is 2.26. The van der Waals surface area contributed by atoms with Gasteiger partial charge in [-0.05, 0) is 0 Å². The summed E-state index contributed by atoms with van der Waals surface area (Å²) >= 11 is 0. The topological polar surface area (TPSA) is 84.7 Å². The second-order valence-corrected chi connectivity index (χ2v) is 3.63. The molecule has 0 aromatic carbocycles. The van der Waals surface area contributed by atoms with Gasteiger partial charge in [-0.3, -0.25) is 9.36 Å². The Morgan fingerprint density at radius 1 is 1.56 bits per heavy atom. The summed E-state index contributed by atoms with van der Waals surface area (Å²) in [5, 5.41) is 8.92. The van der Waals surface area contributed by atoms with Gasteiger partial charge in [-0.2, -0.15) is 0 Å². The number of fused-ring (bicyclic) bond motifs is 1. The Kier molecular flexibility index (Phi) is 2.55. The van der Waals surface area contributed by atoms with Crippen molar-refractivity contribution in [2.24, 2.45) is 0 Å². The van der Waals surface area contributed by atoms with Gasteiger partial charge >= 0.3 is 5.97 Å². The van der Waals surface area contributed by atoms with Crippen molar-refractivity contribution in [2.75, 3.05) is 18.5 Å². The molecule has 1 aliphatic heterocycles. The fourth-order valence-electron chi connectivity index (χ4n) is 1.62. The largest absolute Gasteiger partial charge is 0.476 e. The van der Waals surface area contributed by atoms with E-state index in [0.29, 0.717) is 19.0 Å². The van der Waals surface area contributed by atoms with Crippen LogP contribution in [-0.4, -0.2) is 34.2 Å². The molecule has 0 saturated carbocycles. The summed E-state index contributed by atoms with van der Waals surface area (Å²) in [4.78, 5) is 28.4. The number of carboxylic acid groups (broad SMARTS) is 1. The maximum atomic E-state index is 11.9. The molecule has 0 radical (unpaired) electrons. The second-order valence-electron chi connectivity index (χ2n) is 3.39. The normalized spacial score (nSPS) is 13.8.